The number of aromatic nitrogens is 5. The number of nitrogens with zero attached hydrogens (tertiary/aromatic N) is 5. The van der Waals surface area contributed by atoms with Gasteiger partial charge < -0.3 is 9.84 Å². The number of tetrazole rings is 1. The molecule has 8 nitrogen and oxygen atoms in total. The lowest BCUT2D eigenvalue weighted by Crippen LogP contribution is -2.15. The number of benzene rings is 1. The van der Waals surface area contributed by atoms with Crippen LogP contribution in [0.1, 0.15) is 11.3 Å². The molecule has 9 heteroatoms. The Morgan fingerprint density at radius 3 is 2.91 bits per heavy atom. The van der Waals surface area contributed by atoms with Gasteiger partial charge >= 0.3 is 0 Å². The van der Waals surface area contributed by atoms with Crippen molar-refractivity contribution in [1.82, 2.24) is 25.4 Å². The first kappa shape index (κ1) is 15.2. The number of hydrogen-bond acceptors (Lipinski definition) is 7. The molecule has 118 valence electrons. The van der Waals surface area contributed by atoms with E-state index in [2.05, 4.69) is 26.0 Å². The number of rotatable bonds is 6. The molecule has 0 unspecified atom stereocenters. The molecule has 1 N–H and O–H groups in total. The lowest BCUT2D eigenvalue weighted by atomic mass is 10.2. The summed E-state index contributed by atoms with van der Waals surface area (Å²) < 4.78 is 6.55. The summed E-state index contributed by atoms with van der Waals surface area (Å²) in [6, 6.07) is 11.5. The molecule has 2 heterocycles. The molecule has 0 aliphatic heterocycles. The van der Waals surface area contributed by atoms with Crippen LogP contribution in [-0.4, -0.2) is 37.0 Å². The second-order valence-corrected chi connectivity index (χ2v) is 5.71. The van der Waals surface area contributed by atoms with Gasteiger partial charge in [-0.3, -0.25) is 4.79 Å². The highest BCUT2D eigenvalue weighted by Gasteiger charge is 2.11. The molecule has 1 aromatic carbocycles. The van der Waals surface area contributed by atoms with Gasteiger partial charge in [-0.15, -0.1) is 5.10 Å². The summed E-state index contributed by atoms with van der Waals surface area (Å²) in [5.41, 5.74) is 1.09. The SMILES string of the molecule is Cc1cc(NC(=O)CSc2nnnn2Cc2ccccc2)no1. The van der Waals surface area contributed by atoms with Gasteiger partial charge in [-0.2, -0.15) is 0 Å². The zero-order chi connectivity index (χ0) is 16.1. The lowest BCUT2D eigenvalue weighted by molar-refractivity contribution is -0.113. The Bertz CT molecular complexity index is 785. The maximum Gasteiger partial charge on any atom is 0.236 e. The largest absolute Gasteiger partial charge is 0.360 e. The predicted octanol–water partition coefficient (Wildman–Crippen LogP) is 1.75. The Hall–Kier alpha value is -2.68. The van der Waals surface area contributed by atoms with E-state index >= 15 is 0 Å². The smallest absolute Gasteiger partial charge is 0.236 e. The molecule has 0 fully saturated rings. The van der Waals surface area contributed by atoms with Crippen molar-refractivity contribution in [3.8, 4) is 0 Å². The Balaban J connectivity index is 1.56. The van der Waals surface area contributed by atoms with Crippen molar-refractivity contribution in [3.63, 3.8) is 0 Å². The van der Waals surface area contributed by atoms with Crippen LogP contribution in [0.15, 0.2) is 46.1 Å². The lowest BCUT2D eigenvalue weighted by Gasteiger charge is -2.04. The second kappa shape index (κ2) is 7.05. The van der Waals surface area contributed by atoms with Gasteiger partial charge in [0.1, 0.15) is 5.76 Å². The quantitative estimate of drug-likeness (QED) is 0.687. The summed E-state index contributed by atoms with van der Waals surface area (Å²) in [7, 11) is 0. The Kier molecular flexibility index (Phi) is 4.67. The minimum Gasteiger partial charge on any atom is -0.360 e. The van der Waals surface area contributed by atoms with Crippen molar-refractivity contribution in [2.24, 2.45) is 0 Å². The van der Waals surface area contributed by atoms with Crippen molar-refractivity contribution >= 4 is 23.5 Å². The van der Waals surface area contributed by atoms with E-state index in [1.54, 1.807) is 17.7 Å². The number of aryl methyl sites for hydroxylation is 1. The zero-order valence-corrected chi connectivity index (χ0v) is 13.2. The summed E-state index contributed by atoms with van der Waals surface area (Å²) in [4.78, 5) is 11.9. The van der Waals surface area contributed by atoms with Crippen molar-refractivity contribution in [1.29, 1.82) is 0 Å². The average Bonchev–Trinajstić information content (AvgIpc) is 3.15. The molecule has 3 aromatic rings. The van der Waals surface area contributed by atoms with Crippen LogP contribution in [0.25, 0.3) is 0 Å². The monoisotopic (exact) mass is 330 g/mol. The number of carbonyl (C=O) groups excluding carboxylic acids is 1. The Morgan fingerprint density at radius 1 is 1.35 bits per heavy atom. The molecule has 0 radical (unpaired) electrons. The van der Waals surface area contributed by atoms with Crippen LogP contribution < -0.4 is 5.32 Å². The average molecular weight is 330 g/mol. The molecule has 0 aliphatic carbocycles. The van der Waals surface area contributed by atoms with E-state index < -0.39 is 0 Å². The van der Waals surface area contributed by atoms with E-state index in [1.165, 1.54) is 11.8 Å². The normalized spacial score (nSPS) is 10.7. The minimum atomic E-state index is -0.197. The highest BCUT2D eigenvalue weighted by molar-refractivity contribution is 7.99. The summed E-state index contributed by atoms with van der Waals surface area (Å²) in [6.07, 6.45) is 0. The maximum atomic E-state index is 11.9. The van der Waals surface area contributed by atoms with Crippen LogP contribution in [0, 0.1) is 6.92 Å². The van der Waals surface area contributed by atoms with E-state index in [0.717, 1.165) is 5.56 Å². The second-order valence-electron chi connectivity index (χ2n) is 4.76. The molecule has 1 amide bonds. The van der Waals surface area contributed by atoms with Crippen LogP contribution >= 0.6 is 11.8 Å². The van der Waals surface area contributed by atoms with Gasteiger partial charge in [-0.05, 0) is 22.9 Å². The summed E-state index contributed by atoms with van der Waals surface area (Å²) in [5, 5.41) is 18.5. The number of thioether (sulfide) groups is 1. The number of amides is 1. The highest BCUT2D eigenvalue weighted by atomic mass is 32.2. The van der Waals surface area contributed by atoms with E-state index in [9.17, 15) is 4.79 Å². The molecule has 0 bridgehead atoms. The van der Waals surface area contributed by atoms with Gasteiger partial charge in [0.25, 0.3) is 0 Å². The summed E-state index contributed by atoms with van der Waals surface area (Å²) >= 11 is 1.26. The van der Waals surface area contributed by atoms with E-state index in [1.807, 2.05) is 30.3 Å². The third kappa shape index (κ3) is 4.16. The van der Waals surface area contributed by atoms with E-state index in [4.69, 9.17) is 4.52 Å². The van der Waals surface area contributed by atoms with Crippen LogP contribution in [0.4, 0.5) is 5.82 Å². The molecule has 0 spiro atoms. The molecule has 0 aliphatic rings. The van der Waals surface area contributed by atoms with Gasteiger partial charge in [-0.1, -0.05) is 47.3 Å². The van der Waals surface area contributed by atoms with Gasteiger partial charge in [0.05, 0.1) is 12.3 Å². The number of anilines is 1. The highest BCUT2D eigenvalue weighted by Crippen LogP contribution is 2.16. The topological polar surface area (TPSA) is 98.7 Å². The van der Waals surface area contributed by atoms with Crippen molar-refractivity contribution < 1.29 is 9.32 Å². The van der Waals surface area contributed by atoms with Crippen LogP contribution in [0.2, 0.25) is 0 Å². The molecule has 0 atom stereocenters. The van der Waals surface area contributed by atoms with Crippen LogP contribution in [0.5, 0.6) is 0 Å². The summed E-state index contributed by atoms with van der Waals surface area (Å²) in [6.45, 7) is 2.31. The zero-order valence-electron chi connectivity index (χ0n) is 12.3. The van der Waals surface area contributed by atoms with Gasteiger partial charge in [-0.25, -0.2) is 4.68 Å². The van der Waals surface area contributed by atoms with Gasteiger partial charge in [0, 0.05) is 6.07 Å². The Labute approximate surface area is 136 Å². The third-order valence-corrected chi connectivity index (χ3v) is 3.86. The van der Waals surface area contributed by atoms with Gasteiger partial charge in [0.2, 0.25) is 11.1 Å². The molecular formula is C14H14N6O2S. The first-order valence-electron chi connectivity index (χ1n) is 6.87. The summed E-state index contributed by atoms with van der Waals surface area (Å²) in [5.74, 6) is 1.02. The Morgan fingerprint density at radius 2 is 2.17 bits per heavy atom. The van der Waals surface area contributed by atoms with E-state index in [0.29, 0.717) is 23.3 Å². The van der Waals surface area contributed by atoms with Crippen LogP contribution in [-0.2, 0) is 11.3 Å². The molecule has 3 rings (SSSR count). The molecule has 0 saturated carbocycles. The fourth-order valence-electron chi connectivity index (χ4n) is 1.89. The fourth-order valence-corrected chi connectivity index (χ4v) is 2.57. The standard InChI is InChI=1S/C14H14N6O2S/c1-10-7-12(17-22-10)15-13(21)9-23-14-16-18-19-20(14)8-11-5-3-2-4-6-11/h2-7H,8-9H2,1H3,(H,15,17,21). The fraction of sp³-hybridized carbons (Fsp3) is 0.214. The number of hydrogen-bond donors (Lipinski definition) is 1. The van der Waals surface area contributed by atoms with Crippen molar-refractivity contribution in [2.75, 3.05) is 11.1 Å². The first-order chi connectivity index (χ1) is 11.2. The predicted molar refractivity (Wildman–Crippen MR) is 84.0 cm³/mol. The third-order valence-electron chi connectivity index (χ3n) is 2.90. The number of nitrogens with one attached hydrogen (secondary N) is 1. The van der Waals surface area contributed by atoms with Crippen molar-refractivity contribution in [3.05, 3.63) is 47.7 Å². The number of carbonyl (C=O) groups is 1. The van der Waals surface area contributed by atoms with Gasteiger partial charge in [0.15, 0.2) is 5.82 Å². The molecule has 2 aromatic heterocycles. The minimum absolute atomic E-state index is 0.182. The van der Waals surface area contributed by atoms with Crippen molar-refractivity contribution in [2.45, 2.75) is 18.6 Å². The first-order valence-corrected chi connectivity index (χ1v) is 7.85. The maximum absolute atomic E-state index is 11.9. The molecule has 23 heavy (non-hydrogen) atoms. The molecular weight excluding hydrogens is 316 g/mol. The van der Waals surface area contributed by atoms with E-state index in [-0.39, 0.29) is 11.7 Å². The van der Waals surface area contributed by atoms with Crippen LogP contribution in [0.3, 0.4) is 0 Å². The molecule has 0 saturated heterocycles.